The molecule has 2 rings (SSSR count). The van der Waals surface area contributed by atoms with E-state index in [2.05, 4.69) is 5.32 Å². The molecule has 0 saturated carbocycles. The van der Waals surface area contributed by atoms with Crippen LogP contribution in [-0.2, 0) is 6.54 Å². The number of benzene rings is 2. The molecule has 2 aromatic rings. The fourth-order valence-electron chi connectivity index (χ4n) is 2.00. The monoisotopic (exact) mass is 333 g/mol. The van der Waals surface area contributed by atoms with Crippen LogP contribution in [0.5, 0.6) is 5.75 Å². The zero-order valence-corrected chi connectivity index (χ0v) is 12.5. The van der Waals surface area contributed by atoms with Crippen LogP contribution in [0.2, 0.25) is 0 Å². The van der Waals surface area contributed by atoms with Gasteiger partial charge in [0.1, 0.15) is 18.0 Å². The Bertz CT molecular complexity index is 732. The van der Waals surface area contributed by atoms with E-state index in [1.165, 1.54) is 12.1 Å². The standard InChI is InChI=1S/C15H15N3O6/c19-7-8-24-13-4-1-11(2-5-13)10-16-14-6-3-12(17(20)21)9-15(14)18(22)23/h1-6,9,16,19H,7-8,10H2. The number of nitro groups is 2. The number of nitrogens with one attached hydrogen (secondary N) is 1. The number of ether oxygens (including phenoxy) is 1. The van der Waals surface area contributed by atoms with Crippen molar-refractivity contribution in [2.45, 2.75) is 6.54 Å². The summed E-state index contributed by atoms with van der Waals surface area (Å²) in [6.07, 6.45) is 0. The van der Waals surface area contributed by atoms with Gasteiger partial charge < -0.3 is 15.2 Å². The van der Waals surface area contributed by atoms with Crippen molar-refractivity contribution >= 4 is 17.1 Å². The lowest BCUT2D eigenvalue weighted by Gasteiger charge is -2.08. The average molecular weight is 333 g/mol. The van der Waals surface area contributed by atoms with Crippen LogP contribution in [0.25, 0.3) is 0 Å². The van der Waals surface area contributed by atoms with Crippen molar-refractivity contribution < 1.29 is 19.7 Å². The van der Waals surface area contributed by atoms with Gasteiger partial charge in [0.2, 0.25) is 0 Å². The van der Waals surface area contributed by atoms with Crippen molar-refractivity contribution in [1.82, 2.24) is 0 Å². The maximum atomic E-state index is 11.1. The van der Waals surface area contributed by atoms with Gasteiger partial charge in [0.25, 0.3) is 11.4 Å². The van der Waals surface area contributed by atoms with Crippen LogP contribution < -0.4 is 10.1 Å². The first kappa shape index (κ1) is 17.2. The highest BCUT2D eigenvalue weighted by Crippen LogP contribution is 2.29. The third-order valence-corrected chi connectivity index (χ3v) is 3.16. The Hall–Kier alpha value is -3.20. The molecule has 0 fully saturated rings. The maximum Gasteiger partial charge on any atom is 0.299 e. The molecule has 9 heteroatoms. The lowest BCUT2D eigenvalue weighted by atomic mass is 10.2. The van der Waals surface area contributed by atoms with E-state index in [1.807, 2.05) is 0 Å². The van der Waals surface area contributed by atoms with E-state index < -0.39 is 9.85 Å². The first-order valence-electron chi connectivity index (χ1n) is 7.00. The molecule has 0 amide bonds. The number of rotatable bonds is 8. The van der Waals surface area contributed by atoms with E-state index in [-0.39, 0.29) is 30.3 Å². The van der Waals surface area contributed by atoms with E-state index in [1.54, 1.807) is 24.3 Å². The average Bonchev–Trinajstić information content (AvgIpc) is 2.58. The van der Waals surface area contributed by atoms with Crippen LogP contribution in [0.3, 0.4) is 0 Å². The Morgan fingerprint density at radius 3 is 2.33 bits per heavy atom. The van der Waals surface area contributed by atoms with Gasteiger partial charge in [0, 0.05) is 12.6 Å². The Morgan fingerprint density at radius 1 is 1.04 bits per heavy atom. The van der Waals surface area contributed by atoms with Crippen molar-refractivity contribution in [3.8, 4) is 5.75 Å². The van der Waals surface area contributed by atoms with Gasteiger partial charge in [0.05, 0.1) is 22.5 Å². The molecule has 0 aliphatic rings. The van der Waals surface area contributed by atoms with Crippen molar-refractivity contribution in [1.29, 1.82) is 0 Å². The predicted octanol–water partition coefficient (Wildman–Crippen LogP) is 2.49. The van der Waals surface area contributed by atoms with Crippen LogP contribution in [-0.4, -0.2) is 28.2 Å². The molecule has 0 radical (unpaired) electrons. The summed E-state index contributed by atoms with van der Waals surface area (Å²) < 4.78 is 5.24. The normalized spacial score (nSPS) is 10.2. The van der Waals surface area contributed by atoms with Gasteiger partial charge in [-0.25, -0.2) is 0 Å². The molecule has 126 valence electrons. The Kier molecular flexibility index (Phi) is 5.63. The van der Waals surface area contributed by atoms with Gasteiger partial charge in [-0.05, 0) is 23.8 Å². The van der Waals surface area contributed by atoms with E-state index in [4.69, 9.17) is 9.84 Å². The topological polar surface area (TPSA) is 128 Å². The number of nitrogens with zero attached hydrogens (tertiary/aromatic N) is 2. The molecule has 0 aliphatic heterocycles. The minimum absolute atomic E-state index is 0.0763. The summed E-state index contributed by atoms with van der Waals surface area (Å²) in [5.41, 5.74) is 0.356. The van der Waals surface area contributed by atoms with Crippen LogP contribution in [0.4, 0.5) is 17.1 Å². The second-order valence-corrected chi connectivity index (χ2v) is 4.79. The van der Waals surface area contributed by atoms with Gasteiger partial charge in [-0.3, -0.25) is 20.2 Å². The molecule has 0 heterocycles. The molecule has 0 bridgehead atoms. The molecule has 0 unspecified atom stereocenters. The summed E-state index contributed by atoms with van der Waals surface area (Å²) in [6, 6.07) is 10.4. The van der Waals surface area contributed by atoms with E-state index in [0.717, 1.165) is 11.6 Å². The Morgan fingerprint density at radius 2 is 1.75 bits per heavy atom. The molecule has 0 spiro atoms. The zero-order valence-electron chi connectivity index (χ0n) is 12.5. The molecular formula is C15H15N3O6. The quantitative estimate of drug-likeness (QED) is 0.561. The highest BCUT2D eigenvalue weighted by Gasteiger charge is 2.19. The number of hydrogen-bond acceptors (Lipinski definition) is 7. The third-order valence-electron chi connectivity index (χ3n) is 3.16. The van der Waals surface area contributed by atoms with Gasteiger partial charge in [-0.15, -0.1) is 0 Å². The van der Waals surface area contributed by atoms with Gasteiger partial charge in [-0.1, -0.05) is 12.1 Å². The SMILES string of the molecule is O=[N+]([O-])c1ccc(NCc2ccc(OCCO)cc2)c([N+](=O)[O-])c1. The molecule has 0 saturated heterocycles. The molecule has 24 heavy (non-hydrogen) atoms. The van der Waals surface area contributed by atoms with Crippen LogP contribution >= 0.6 is 0 Å². The lowest BCUT2D eigenvalue weighted by molar-refractivity contribution is -0.393. The highest BCUT2D eigenvalue weighted by atomic mass is 16.6. The number of aliphatic hydroxyl groups is 1. The summed E-state index contributed by atoms with van der Waals surface area (Å²) in [5.74, 6) is 0.606. The third kappa shape index (κ3) is 4.40. The fraction of sp³-hybridized carbons (Fsp3) is 0.200. The van der Waals surface area contributed by atoms with Crippen molar-refractivity contribution in [2.75, 3.05) is 18.5 Å². The number of non-ortho nitro benzene ring substituents is 1. The van der Waals surface area contributed by atoms with E-state index in [0.29, 0.717) is 12.3 Å². The second-order valence-electron chi connectivity index (χ2n) is 4.79. The number of hydrogen-bond donors (Lipinski definition) is 2. The largest absolute Gasteiger partial charge is 0.491 e. The zero-order chi connectivity index (χ0) is 17.5. The van der Waals surface area contributed by atoms with E-state index in [9.17, 15) is 20.2 Å². The second kappa shape index (κ2) is 7.88. The maximum absolute atomic E-state index is 11.1. The summed E-state index contributed by atoms with van der Waals surface area (Å²) >= 11 is 0. The molecule has 0 atom stereocenters. The molecular weight excluding hydrogens is 318 g/mol. The van der Waals surface area contributed by atoms with Crippen LogP contribution in [0, 0.1) is 20.2 Å². The molecule has 0 aliphatic carbocycles. The first-order valence-corrected chi connectivity index (χ1v) is 7.00. The van der Waals surface area contributed by atoms with Gasteiger partial charge >= 0.3 is 0 Å². The number of nitro benzene ring substituents is 2. The summed E-state index contributed by atoms with van der Waals surface area (Å²) in [4.78, 5) is 20.4. The Labute approximate surface area is 136 Å². The van der Waals surface area contributed by atoms with Gasteiger partial charge in [-0.2, -0.15) is 0 Å². The fourth-order valence-corrected chi connectivity index (χ4v) is 2.00. The van der Waals surface area contributed by atoms with Crippen LogP contribution in [0.1, 0.15) is 5.56 Å². The molecule has 0 aromatic heterocycles. The van der Waals surface area contributed by atoms with Crippen molar-refractivity contribution in [3.05, 3.63) is 68.3 Å². The minimum atomic E-state index is -0.679. The number of anilines is 1. The van der Waals surface area contributed by atoms with Gasteiger partial charge in [0.15, 0.2) is 0 Å². The molecule has 9 nitrogen and oxygen atoms in total. The molecule has 2 N–H and O–H groups in total. The van der Waals surface area contributed by atoms with E-state index >= 15 is 0 Å². The summed E-state index contributed by atoms with van der Waals surface area (Å²) in [7, 11) is 0. The van der Waals surface area contributed by atoms with Crippen LogP contribution in [0.15, 0.2) is 42.5 Å². The number of aliphatic hydroxyl groups excluding tert-OH is 1. The molecule has 2 aromatic carbocycles. The highest BCUT2D eigenvalue weighted by molar-refractivity contribution is 5.65. The minimum Gasteiger partial charge on any atom is -0.491 e. The summed E-state index contributed by atoms with van der Waals surface area (Å²) in [6.45, 7) is 0.429. The Balaban J connectivity index is 2.08. The summed E-state index contributed by atoms with van der Waals surface area (Å²) in [5, 5.41) is 33.3. The van der Waals surface area contributed by atoms with Crippen molar-refractivity contribution in [2.24, 2.45) is 0 Å². The van der Waals surface area contributed by atoms with Crippen molar-refractivity contribution in [3.63, 3.8) is 0 Å². The predicted molar refractivity (Wildman–Crippen MR) is 86.1 cm³/mol. The first-order chi connectivity index (χ1) is 11.5. The lowest BCUT2D eigenvalue weighted by Crippen LogP contribution is -2.04. The smallest absolute Gasteiger partial charge is 0.299 e.